The summed E-state index contributed by atoms with van der Waals surface area (Å²) in [7, 11) is 1.41. The van der Waals surface area contributed by atoms with Crippen LogP contribution in [0.25, 0.3) is 0 Å². The molecule has 4 heteroatoms. The maximum atomic E-state index is 11.7. The molecule has 110 valence electrons. The van der Waals surface area contributed by atoms with Gasteiger partial charge in [0.05, 0.1) is 13.2 Å². The Balaban J connectivity index is 1.78. The van der Waals surface area contributed by atoms with Gasteiger partial charge in [0.1, 0.15) is 5.54 Å². The van der Waals surface area contributed by atoms with Gasteiger partial charge in [-0.25, -0.2) is 0 Å². The molecule has 2 atom stereocenters. The molecule has 2 aliphatic rings. The van der Waals surface area contributed by atoms with E-state index in [1.165, 1.54) is 39.2 Å². The number of hydrogen-bond donors (Lipinski definition) is 1. The Kier molecular flexibility index (Phi) is 5.22. The lowest BCUT2D eigenvalue weighted by Crippen LogP contribution is -2.53. The van der Waals surface area contributed by atoms with Crippen LogP contribution in [-0.4, -0.2) is 31.3 Å². The fourth-order valence-electron chi connectivity index (χ4n) is 3.41. The predicted molar refractivity (Wildman–Crippen MR) is 73.7 cm³/mol. The average Bonchev–Trinajstić information content (AvgIpc) is 2.45. The highest BCUT2D eigenvalue weighted by Gasteiger charge is 2.40. The van der Waals surface area contributed by atoms with Crippen molar-refractivity contribution in [1.82, 2.24) is 0 Å². The number of ether oxygens (including phenoxy) is 2. The Hall–Kier alpha value is -0.610. The molecule has 0 radical (unpaired) electrons. The molecule has 2 N–H and O–H groups in total. The lowest BCUT2D eigenvalue weighted by atomic mass is 9.81. The largest absolute Gasteiger partial charge is 0.468 e. The Morgan fingerprint density at radius 1 is 1.21 bits per heavy atom. The van der Waals surface area contributed by atoms with E-state index in [0.29, 0.717) is 18.8 Å². The summed E-state index contributed by atoms with van der Waals surface area (Å²) in [4.78, 5) is 11.7. The molecule has 0 heterocycles. The van der Waals surface area contributed by atoms with Crippen LogP contribution >= 0.6 is 0 Å². The van der Waals surface area contributed by atoms with Crippen molar-refractivity contribution in [2.45, 2.75) is 69.4 Å². The van der Waals surface area contributed by atoms with Crippen molar-refractivity contribution in [1.29, 1.82) is 0 Å². The van der Waals surface area contributed by atoms with Crippen molar-refractivity contribution >= 4 is 5.97 Å². The standard InChI is InChI=1S/C15H27NO3/c1-18-14(17)15(16)9-5-8-13(10-15)19-11-12-6-3-2-4-7-12/h12-13H,2-11,16H2,1H3. The zero-order valence-electron chi connectivity index (χ0n) is 12.0. The molecule has 2 saturated carbocycles. The molecule has 2 aliphatic carbocycles. The molecule has 19 heavy (non-hydrogen) atoms. The van der Waals surface area contributed by atoms with E-state index in [4.69, 9.17) is 15.2 Å². The van der Waals surface area contributed by atoms with Crippen LogP contribution < -0.4 is 5.73 Å². The third-order valence-corrected chi connectivity index (χ3v) is 4.63. The molecule has 4 nitrogen and oxygen atoms in total. The van der Waals surface area contributed by atoms with Gasteiger partial charge in [-0.15, -0.1) is 0 Å². The molecule has 2 fully saturated rings. The van der Waals surface area contributed by atoms with E-state index in [2.05, 4.69) is 0 Å². The summed E-state index contributed by atoms with van der Waals surface area (Å²) >= 11 is 0. The quantitative estimate of drug-likeness (QED) is 0.796. The number of hydrogen-bond acceptors (Lipinski definition) is 4. The summed E-state index contributed by atoms with van der Waals surface area (Å²) in [6.45, 7) is 0.835. The van der Waals surface area contributed by atoms with Crippen molar-refractivity contribution in [3.05, 3.63) is 0 Å². The van der Waals surface area contributed by atoms with E-state index < -0.39 is 5.54 Å². The third kappa shape index (κ3) is 3.93. The molecule has 0 aromatic carbocycles. The molecule has 0 spiro atoms. The summed E-state index contributed by atoms with van der Waals surface area (Å²) in [6.07, 6.45) is 10.0. The van der Waals surface area contributed by atoms with Gasteiger partial charge in [0, 0.05) is 13.0 Å². The predicted octanol–water partition coefficient (Wildman–Crippen LogP) is 2.40. The number of rotatable bonds is 4. The zero-order chi connectivity index (χ0) is 13.7. The highest BCUT2D eigenvalue weighted by molar-refractivity contribution is 5.80. The van der Waals surface area contributed by atoms with Gasteiger partial charge in [-0.3, -0.25) is 4.79 Å². The van der Waals surface area contributed by atoms with Crippen molar-refractivity contribution in [2.75, 3.05) is 13.7 Å². The normalized spacial score (nSPS) is 33.1. The van der Waals surface area contributed by atoms with E-state index in [1.54, 1.807) is 0 Å². The molecule has 0 aromatic rings. The maximum Gasteiger partial charge on any atom is 0.325 e. The molecule has 0 aliphatic heterocycles. The summed E-state index contributed by atoms with van der Waals surface area (Å²) in [5, 5.41) is 0. The number of nitrogens with two attached hydrogens (primary N) is 1. The van der Waals surface area contributed by atoms with Crippen molar-refractivity contribution in [2.24, 2.45) is 11.7 Å². The van der Waals surface area contributed by atoms with Crippen LogP contribution in [0.3, 0.4) is 0 Å². The highest BCUT2D eigenvalue weighted by atomic mass is 16.5. The van der Waals surface area contributed by atoms with Crippen LogP contribution in [0.2, 0.25) is 0 Å². The Labute approximate surface area is 116 Å². The van der Waals surface area contributed by atoms with Gasteiger partial charge < -0.3 is 15.2 Å². The topological polar surface area (TPSA) is 61.5 Å². The number of esters is 1. The summed E-state index contributed by atoms with van der Waals surface area (Å²) in [5.74, 6) is 0.416. The van der Waals surface area contributed by atoms with Gasteiger partial charge in [0.25, 0.3) is 0 Å². The number of carbonyl (C=O) groups is 1. The Bertz CT molecular complexity index is 302. The molecule has 0 aromatic heterocycles. The third-order valence-electron chi connectivity index (χ3n) is 4.63. The van der Waals surface area contributed by atoms with E-state index in [9.17, 15) is 4.79 Å². The summed E-state index contributed by atoms with van der Waals surface area (Å²) in [5.41, 5.74) is 5.33. The minimum Gasteiger partial charge on any atom is -0.468 e. The van der Waals surface area contributed by atoms with E-state index in [1.807, 2.05) is 0 Å². The van der Waals surface area contributed by atoms with Crippen molar-refractivity contribution in [3.8, 4) is 0 Å². The van der Waals surface area contributed by atoms with E-state index in [-0.39, 0.29) is 12.1 Å². The second kappa shape index (κ2) is 6.71. The monoisotopic (exact) mass is 269 g/mol. The molecule has 0 bridgehead atoms. The van der Waals surface area contributed by atoms with Gasteiger partial charge >= 0.3 is 5.97 Å². The van der Waals surface area contributed by atoms with Gasteiger partial charge in [-0.1, -0.05) is 19.3 Å². The Morgan fingerprint density at radius 3 is 2.63 bits per heavy atom. The number of methoxy groups -OCH3 is 1. The van der Waals surface area contributed by atoms with Gasteiger partial charge in [0.15, 0.2) is 0 Å². The maximum absolute atomic E-state index is 11.7. The zero-order valence-corrected chi connectivity index (χ0v) is 12.0. The first-order valence-electron chi connectivity index (χ1n) is 7.63. The highest BCUT2D eigenvalue weighted by Crippen LogP contribution is 2.31. The van der Waals surface area contributed by atoms with Crippen LogP contribution in [0.15, 0.2) is 0 Å². The van der Waals surface area contributed by atoms with Crippen LogP contribution in [0.4, 0.5) is 0 Å². The smallest absolute Gasteiger partial charge is 0.325 e. The molecule has 2 rings (SSSR count). The minimum absolute atomic E-state index is 0.125. The molecule has 0 saturated heterocycles. The first kappa shape index (κ1) is 14.8. The van der Waals surface area contributed by atoms with E-state index in [0.717, 1.165) is 19.4 Å². The van der Waals surface area contributed by atoms with Crippen LogP contribution in [-0.2, 0) is 14.3 Å². The average molecular weight is 269 g/mol. The van der Waals surface area contributed by atoms with Gasteiger partial charge in [-0.2, -0.15) is 0 Å². The van der Waals surface area contributed by atoms with Crippen LogP contribution in [0.5, 0.6) is 0 Å². The molecule has 2 unspecified atom stereocenters. The van der Waals surface area contributed by atoms with Crippen LogP contribution in [0.1, 0.15) is 57.8 Å². The molecule has 0 amide bonds. The molecular formula is C15H27NO3. The van der Waals surface area contributed by atoms with E-state index >= 15 is 0 Å². The van der Waals surface area contributed by atoms with Crippen molar-refractivity contribution < 1.29 is 14.3 Å². The van der Waals surface area contributed by atoms with Crippen LogP contribution in [0, 0.1) is 5.92 Å². The van der Waals surface area contributed by atoms with Gasteiger partial charge in [0.2, 0.25) is 0 Å². The fourth-order valence-corrected chi connectivity index (χ4v) is 3.41. The summed E-state index contributed by atoms with van der Waals surface area (Å²) < 4.78 is 10.8. The van der Waals surface area contributed by atoms with Gasteiger partial charge in [-0.05, 0) is 38.0 Å². The minimum atomic E-state index is -0.829. The number of carbonyl (C=O) groups excluding carboxylic acids is 1. The SMILES string of the molecule is COC(=O)C1(N)CCCC(OCC2CCCCC2)C1. The Morgan fingerprint density at radius 2 is 1.95 bits per heavy atom. The first-order valence-corrected chi connectivity index (χ1v) is 7.63. The lowest BCUT2D eigenvalue weighted by Gasteiger charge is -2.36. The van der Waals surface area contributed by atoms with Crippen molar-refractivity contribution in [3.63, 3.8) is 0 Å². The summed E-state index contributed by atoms with van der Waals surface area (Å²) in [6, 6.07) is 0. The fraction of sp³-hybridized carbons (Fsp3) is 0.933. The molecular weight excluding hydrogens is 242 g/mol. The lowest BCUT2D eigenvalue weighted by molar-refractivity contribution is -0.151. The second-order valence-electron chi connectivity index (χ2n) is 6.20. The first-order chi connectivity index (χ1) is 9.14. The second-order valence-corrected chi connectivity index (χ2v) is 6.20.